The molecule has 2 aliphatic heterocycles. The molecule has 0 bridgehead atoms. The third-order valence-electron chi connectivity index (χ3n) is 6.41. The molecular formula is C27H28O6S. The summed E-state index contributed by atoms with van der Waals surface area (Å²) in [4.78, 5) is 13.4. The van der Waals surface area contributed by atoms with Gasteiger partial charge in [-0.05, 0) is 61.2 Å². The van der Waals surface area contributed by atoms with E-state index in [2.05, 4.69) is 12.1 Å². The van der Waals surface area contributed by atoms with E-state index in [0.29, 0.717) is 17.5 Å². The summed E-state index contributed by atoms with van der Waals surface area (Å²) in [6.07, 6.45) is -2.59. The minimum Gasteiger partial charge on any atom is -0.387 e. The minimum atomic E-state index is -1.01. The van der Waals surface area contributed by atoms with Crippen molar-refractivity contribution < 1.29 is 29.2 Å². The second-order valence-corrected chi connectivity index (χ2v) is 10.5. The highest BCUT2D eigenvalue weighted by atomic mass is 32.1. The lowest BCUT2D eigenvalue weighted by Crippen LogP contribution is -2.37. The third kappa shape index (κ3) is 4.47. The van der Waals surface area contributed by atoms with Crippen LogP contribution < -0.4 is 0 Å². The maximum absolute atomic E-state index is 11.1. The molecule has 0 spiro atoms. The number of hydrogen-bond acceptors (Lipinski definition) is 7. The van der Waals surface area contributed by atoms with Crippen LogP contribution in [0.2, 0.25) is 0 Å². The first-order valence-electron chi connectivity index (χ1n) is 11.3. The van der Waals surface area contributed by atoms with Crippen molar-refractivity contribution in [1.29, 1.82) is 0 Å². The number of ether oxygens (including phenoxy) is 3. The Balaban J connectivity index is 1.33. The summed E-state index contributed by atoms with van der Waals surface area (Å²) in [5.74, 6) is -0.822. The summed E-state index contributed by atoms with van der Waals surface area (Å²) in [7, 11) is 0. The van der Waals surface area contributed by atoms with Crippen molar-refractivity contribution in [3.8, 4) is 10.4 Å². The number of aliphatic hydroxyl groups is 2. The summed E-state index contributed by atoms with van der Waals surface area (Å²) in [6.45, 7) is 5.59. The van der Waals surface area contributed by atoms with Gasteiger partial charge in [-0.15, -0.1) is 11.3 Å². The molecule has 5 atom stereocenters. The number of aryl methyl sites for hydroxylation is 1. The zero-order chi connectivity index (χ0) is 24.0. The number of aldehydes is 1. The van der Waals surface area contributed by atoms with Crippen molar-refractivity contribution in [2.24, 2.45) is 0 Å². The molecule has 0 saturated carbocycles. The number of thiophene rings is 1. The van der Waals surface area contributed by atoms with Crippen molar-refractivity contribution in [2.45, 2.75) is 63.7 Å². The lowest BCUT2D eigenvalue weighted by atomic mass is 9.94. The maximum atomic E-state index is 11.1. The summed E-state index contributed by atoms with van der Waals surface area (Å²) >= 11 is 1.68. The molecule has 5 rings (SSSR count). The Hall–Kier alpha value is -2.39. The number of carbonyl (C=O) groups excluding carboxylic acids is 1. The number of aliphatic hydroxyl groups excluding tert-OH is 2. The van der Waals surface area contributed by atoms with Gasteiger partial charge in [0, 0.05) is 21.7 Å². The van der Waals surface area contributed by atoms with Crippen LogP contribution in [-0.4, -0.2) is 46.9 Å². The van der Waals surface area contributed by atoms with Gasteiger partial charge in [0.05, 0.1) is 0 Å². The van der Waals surface area contributed by atoms with E-state index in [1.807, 2.05) is 43.3 Å². The monoisotopic (exact) mass is 480 g/mol. The van der Waals surface area contributed by atoms with Crippen LogP contribution in [0.5, 0.6) is 0 Å². The highest BCUT2D eigenvalue weighted by Gasteiger charge is 2.56. The third-order valence-corrected chi connectivity index (χ3v) is 7.55. The molecule has 2 fully saturated rings. The van der Waals surface area contributed by atoms with Gasteiger partial charge in [-0.25, -0.2) is 0 Å². The van der Waals surface area contributed by atoms with Gasteiger partial charge in [-0.3, -0.25) is 4.79 Å². The Morgan fingerprint density at radius 2 is 1.94 bits per heavy atom. The SMILES string of the molecule is Cc1ccc(C(O)[C@@H]2O[C@H]3OC(C)(C)O[C@H]3[C@@H]2O)cc1Cc1ccc(-c2cccc(C=O)c2)s1. The molecule has 178 valence electrons. The zero-order valence-corrected chi connectivity index (χ0v) is 20.1. The van der Waals surface area contributed by atoms with E-state index in [1.54, 1.807) is 31.3 Å². The predicted octanol–water partition coefficient (Wildman–Crippen LogP) is 4.40. The molecule has 1 aromatic heterocycles. The van der Waals surface area contributed by atoms with Gasteiger partial charge in [-0.2, -0.15) is 0 Å². The van der Waals surface area contributed by atoms with E-state index in [9.17, 15) is 15.0 Å². The van der Waals surface area contributed by atoms with Gasteiger partial charge in [0.25, 0.3) is 0 Å². The molecule has 3 heterocycles. The fourth-order valence-corrected chi connectivity index (χ4v) is 5.64. The van der Waals surface area contributed by atoms with Crippen LogP contribution in [0.3, 0.4) is 0 Å². The van der Waals surface area contributed by atoms with Crippen molar-refractivity contribution in [1.82, 2.24) is 0 Å². The van der Waals surface area contributed by atoms with Crippen molar-refractivity contribution >= 4 is 17.6 Å². The maximum Gasteiger partial charge on any atom is 0.190 e. The summed E-state index contributed by atoms with van der Waals surface area (Å²) in [5.41, 5.74) is 4.57. The first-order valence-corrected chi connectivity index (χ1v) is 12.2. The largest absolute Gasteiger partial charge is 0.387 e. The number of hydrogen-bond donors (Lipinski definition) is 2. The minimum absolute atomic E-state index is 0.623. The second-order valence-electron chi connectivity index (χ2n) is 9.38. The van der Waals surface area contributed by atoms with Gasteiger partial charge < -0.3 is 24.4 Å². The van der Waals surface area contributed by atoms with E-state index >= 15 is 0 Å². The fraction of sp³-hybridized carbons (Fsp3) is 0.370. The topological polar surface area (TPSA) is 85.2 Å². The predicted molar refractivity (Wildman–Crippen MR) is 129 cm³/mol. The van der Waals surface area contributed by atoms with E-state index in [4.69, 9.17) is 14.2 Å². The fourth-order valence-electron chi connectivity index (χ4n) is 4.61. The lowest BCUT2D eigenvalue weighted by Gasteiger charge is -2.26. The highest BCUT2D eigenvalue weighted by molar-refractivity contribution is 7.15. The van der Waals surface area contributed by atoms with Gasteiger partial charge in [0.2, 0.25) is 0 Å². The molecule has 2 N–H and O–H groups in total. The Morgan fingerprint density at radius 3 is 2.71 bits per heavy atom. The van der Waals surface area contributed by atoms with Crippen LogP contribution in [-0.2, 0) is 20.6 Å². The Kier molecular flexibility index (Phi) is 6.18. The van der Waals surface area contributed by atoms with Crippen LogP contribution in [0.15, 0.2) is 54.6 Å². The molecule has 7 heteroatoms. The number of carbonyl (C=O) groups is 1. The molecule has 2 aromatic carbocycles. The van der Waals surface area contributed by atoms with E-state index in [0.717, 1.165) is 27.9 Å². The zero-order valence-electron chi connectivity index (χ0n) is 19.3. The average Bonchev–Trinajstić information content (AvgIpc) is 3.48. The highest BCUT2D eigenvalue weighted by Crippen LogP contribution is 2.41. The number of fused-ring (bicyclic) bond motifs is 1. The molecule has 6 nitrogen and oxygen atoms in total. The Bertz CT molecular complexity index is 1200. The van der Waals surface area contributed by atoms with E-state index < -0.39 is 36.5 Å². The number of rotatable bonds is 6. The smallest absolute Gasteiger partial charge is 0.190 e. The number of benzene rings is 2. The van der Waals surface area contributed by atoms with Gasteiger partial charge in [0.15, 0.2) is 12.1 Å². The molecule has 1 unspecified atom stereocenters. The van der Waals surface area contributed by atoms with Crippen LogP contribution in [0, 0.1) is 6.92 Å². The molecule has 0 aliphatic carbocycles. The van der Waals surface area contributed by atoms with E-state index in [1.165, 1.54) is 4.88 Å². The summed E-state index contributed by atoms with van der Waals surface area (Å²) in [6, 6.07) is 17.6. The first kappa shape index (κ1) is 23.4. The van der Waals surface area contributed by atoms with Crippen LogP contribution in [0.4, 0.5) is 0 Å². The van der Waals surface area contributed by atoms with Gasteiger partial charge in [0.1, 0.15) is 30.7 Å². The van der Waals surface area contributed by atoms with Crippen molar-refractivity contribution in [3.63, 3.8) is 0 Å². The molecule has 2 saturated heterocycles. The van der Waals surface area contributed by atoms with Crippen LogP contribution in [0.1, 0.15) is 51.9 Å². The second kappa shape index (κ2) is 9.00. The summed E-state index contributed by atoms with van der Waals surface area (Å²) in [5, 5.41) is 21.8. The van der Waals surface area contributed by atoms with E-state index in [-0.39, 0.29) is 0 Å². The quantitative estimate of drug-likeness (QED) is 0.509. The van der Waals surface area contributed by atoms with Crippen LogP contribution >= 0.6 is 11.3 Å². The Morgan fingerprint density at radius 1 is 1.12 bits per heavy atom. The van der Waals surface area contributed by atoms with Gasteiger partial charge in [-0.1, -0.05) is 36.4 Å². The van der Waals surface area contributed by atoms with Crippen molar-refractivity contribution in [2.75, 3.05) is 0 Å². The molecule has 34 heavy (non-hydrogen) atoms. The molecule has 0 radical (unpaired) electrons. The molecule has 0 amide bonds. The lowest BCUT2D eigenvalue weighted by molar-refractivity contribution is -0.226. The molecular weight excluding hydrogens is 452 g/mol. The average molecular weight is 481 g/mol. The first-order chi connectivity index (χ1) is 16.2. The standard InChI is InChI=1S/C27H28O6S/c1-15-7-8-18(22(29)24-23(30)25-26(31-24)33-27(2,3)32-25)12-19(15)13-20-9-10-21(34-20)17-6-4-5-16(11-17)14-28/h4-12,14,22-26,29-30H,13H2,1-3H3/t22?,23-,24+,25+,26+/m1/s1. The summed E-state index contributed by atoms with van der Waals surface area (Å²) < 4.78 is 17.3. The van der Waals surface area contributed by atoms with Gasteiger partial charge >= 0.3 is 0 Å². The molecule has 2 aliphatic rings. The normalized spacial score (nSPS) is 26.4. The van der Waals surface area contributed by atoms with Crippen LogP contribution in [0.25, 0.3) is 10.4 Å². The Labute approximate surface area is 202 Å². The van der Waals surface area contributed by atoms with Crippen molar-refractivity contribution in [3.05, 3.63) is 81.7 Å². The molecule has 3 aromatic rings.